The molecule has 1 amide bonds. The van der Waals surface area contributed by atoms with Gasteiger partial charge in [-0.3, -0.25) is 4.79 Å². The van der Waals surface area contributed by atoms with Crippen molar-refractivity contribution in [3.05, 3.63) is 30.3 Å². The smallest absolute Gasteiger partial charge is 0.230 e. The van der Waals surface area contributed by atoms with Crippen molar-refractivity contribution in [2.75, 3.05) is 18.9 Å². The molecule has 0 bridgehead atoms. The summed E-state index contributed by atoms with van der Waals surface area (Å²) in [5.41, 5.74) is 0. The second-order valence-corrected chi connectivity index (χ2v) is 5.62. The summed E-state index contributed by atoms with van der Waals surface area (Å²) >= 11 is 1.55. The number of hydrogen-bond acceptors (Lipinski definition) is 3. The fraction of sp³-hybridized carbons (Fsp3) is 0.533. The molecule has 0 saturated heterocycles. The lowest BCUT2D eigenvalue weighted by atomic mass is 10.0. The molecule has 1 unspecified atom stereocenters. The lowest BCUT2D eigenvalue weighted by molar-refractivity contribution is -0.118. The Morgan fingerprint density at radius 2 is 2.05 bits per heavy atom. The molecule has 1 atom stereocenters. The fourth-order valence-electron chi connectivity index (χ4n) is 1.91. The Hall–Kier alpha value is -1.00. The monoisotopic (exact) mass is 281 g/mol. The van der Waals surface area contributed by atoms with E-state index in [4.69, 9.17) is 5.11 Å². The Bertz CT molecular complexity index is 350. The number of rotatable bonds is 9. The normalized spacial score (nSPS) is 12.1. The van der Waals surface area contributed by atoms with E-state index in [1.165, 1.54) is 0 Å². The maximum atomic E-state index is 11.7. The molecule has 0 aliphatic rings. The van der Waals surface area contributed by atoms with Crippen LogP contribution in [0.15, 0.2) is 35.2 Å². The van der Waals surface area contributed by atoms with Crippen molar-refractivity contribution in [3.8, 4) is 0 Å². The molecule has 0 heterocycles. The number of thioether (sulfide) groups is 1. The van der Waals surface area contributed by atoms with Crippen LogP contribution in [0.4, 0.5) is 0 Å². The molecule has 0 aliphatic carbocycles. The molecule has 2 N–H and O–H groups in total. The van der Waals surface area contributed by atoms with Gasteiger partial charge in [-0.2, -0.15) is 0 Å². The number of carbonyl (C=O) groups excluding carboxylic acids is 1. The van der Waals surface area contributed by atoms with E-state index < -0.39 is 0 Å². The minimum atomic E-state index is 0.0629. The van der Waals surface area contributed by atoms with E-state index in [0.717, 1.165) is 24.2 Å². The molecule has 19 heavy (non-hydrogen) atoms. The van der Waals surface area contributed by atoms with Crippen LogP contribution in [0.1, 0.15) is 26.2 Å². The molecule has 1 aromatic rings. The van der Waals surface area contributed by atoms with Gasteiger partial charge >= 0.3 is 0 Å². The number of benzene rings is 1. The SMILES string of the molecule is CCCC(CCO)CNC(=O)CSc1ccccc1. The van der Waals surface area contributed by atoms with Crippen molar-refractivity contribution in [2.24, 2.45) is 5.92 Å². The van der Waals surface area contributed by atoms with Gasteiger partial charge in [0.15, 0.2) is 0 Å². The first-order chi connectivity index (χ1) is 9.26. The molecule has 4 heteroatoms. The van der Waals surface area contributed by atoms with Gasteiger partial charge < -0.3 is 10.4 Å². The first-order valence-corrected chi connectivity index (χ1v) is 7.80. The standard InChI is InChI=1S/C15H23NO2S/c1-2-6-13(9-10-17)11-16-15(18)12-19-14-7-4-3-5-8-14/h3-5,7-8,13,17H,2,6,9-12H2,1H3,(H,16,18). The van der Waals surface area contributed by atoms with Gasteiger partial charge in [-0.25, -0.2) is 0 Å². The number of nitrogens with one attached hydrogen (secondary N) is 1. The van der Waals surface area contributed by atoms with Crippen LogP contribution in [-0.2, 0) is 4.79 Å². The van der Waals surface area contributed by atoms with E-state index in [-0.39, 0.29) is 12.5 Å². The number of carbonyl (C=O) groups is 1. The maximum Gasteiger partial charge on any atom is 0.230 e. The van der Waals surface area contributed by atoms with Gasteiger partial charge in [0.2, 0.25) is 5.91 Å². The molecule has 0 aromatic heterocycles. The summed E-state index contributed by atoms with van der Waals surface area (Å²) in [4.78, 5) is 12.8. The fourth-order valence-corrected chi connectivity index (χ4v) is 2.66. The second kappa shape index (κ2) is 9.87. The van der Waals surface area contributed by atoms with Crippen molar-refractivity contribution in [1.29, 1.82) is 0 Å². The molecule has 3 nitrogen and oxygen atoms in total. The Morgan fingerprint density at radius 1 is 1.32 bits per heavy atom. The van der Waals surface area contributed by atoms with Gasteiger partial charge in [0.1, 0.15) is 0 Å². The molecule has 0 spiro atoms. The zero-order valence-electron chi connectivity index (χ0n) is 11.5. The van der Waals surface area contributed by atoms with Crippen LogP contribution in [0.2, 0.25) is 0 Å². The summed E-state index contributed by atoms with van der Waals surface area (Å²) in [7, 11) is 0. The first-order valence-electron chi connectivity index (χ1n) is 6.81. The summed E-state index contributed by atoms with van der Waals surface area (Å²) < 4.78 is 0. The highest BCUT2D eigenvalue weighted by Gasteiger charge is 2.09. The second-order valence-electron chi connectivity index (χ2n) is 4.57. The predicted octanol–water partition coefficient (Wildman–Crippen LogP) is 2.69. The summed E-state index contributed by atoms with van der Waals surface area (Å²) in [6.07, 6.45) is 2.89. The highest BCUT2D eigenvalue weighted by atomic mass is 32.2. The van der Waals surface area contributed by atoms with Crippen molar-refractivity contribution in [1.82, 2.24) is 5.32 Å². The number of aliphatic hydroxyl groups is 1. The van der Waals surface area contributed by atoms with Crippen molar-refractivity contribution in [2.45, 2.75) is 31.1 Å². The highest BCUT2D eigenvalue weighted by Crippen LogP contribution is 2.16. The van der Waals surface area contributed by atoms with Crippen LogP contribution in [-0.4, -0.2) is 29.9 Å². The summed E-state index contributed by atoms with van der Waals surface area (Å²) in [6.45, 7) is 2.99. The lowest BCUT2D eigenvalue weighted by Crippen LogP contribution is -2.31. The summed E-state index contributed by atoms with van der Waals surface area (Å²) in [5, 5.41) is 11.9. The molecular formula is C15H23NO2S. The maximum absolute atomic E-state index is 11.7. The zero-order valence-corrected chi connectivity index (χ0v) is 12.3. The predicted molar refractivity (Wildman–Crippen MR) is 80.3 cm³/mol. The average Bonchev–Trinajstić information content (AvgIpc) is 2.44. The molecular weight excluding hydrogens is 258 g/mol. The van der Waals surface area contributed by atoms with Crippen molar-refractivity contribution >= 4 is 17.7 Å². The average molecular weight is 281 g/mol. The van der Waals surface area contributed by atoms with Gasteiger partial charge in [0.05, 0.1) is 5.75 Å². The van der Waals surface area contributed by atoms with Gasteiger partial charge in [0.25, 0.3) is 0 Å². The van der Waals surface area contributed by atoms with Gasteiger partial charge in [-0.1, -0.05) is 31.5 Å². The largest absolute Gasteiger partial charge is 0.396 e. The summed E-state index contributed by atoms with van der Waals surface area (Å²) in [6, 6.07) is 9.92. The molecule has 0 fully saturated rings. The van der Waals surface area contributed by atoms with Crippen molar-refractivity contribution < 1.29 is 9.90 Å². The van der Waals surface area contributed by atoms with Gasteiger partial charge in [-0.05, 0) is 30.9 Å². The van der Waals surface area contributed by atoms with Crippen LogP contribution in [0.3, 0.4) is 0 Å². The molecule has 106 valence electrons. The van der Waals surface area contributed by atoms with E-state index >= 15 is 0 Å². The number of hydrogen-bond donors (Lipinski definition) is 2. The topological polar surface area (TPSA) is 49.3 Å². The Labute approximate surface area is 119 Å². The third kappa shape index (κ3) is 7.23. The lowest BCUT2D eigenvalue weighted by Gasteiger charge is -2.15. The minimum Gasteiger partial charge on any atom is -0.396 e. The van der Waals surface area contributed by atoms with Gasteiger partial charge in [0, 0.05) is 18.0 Å². The molecule has 1 aromatic carbocycles. The van der Waals surface area contributed by atoms with Crippen LogP contribution in [0.5, 0.6) is 0 Å². The van der Waals surface area contributed by atoms with Crippen LogP contribution in [0.25, 0.3) is 0 Å². The van der Waals surface area contributed by atoms with E-state index in [0.29, 0.717) is 18.2 Å². The Morgan fingerprint density at radius 3 is 2.68 bits per heavy atom. The molecule has 0 radical (unpaired) electrons. The van der Waals surface area contributed by atoms with Crippen molar-refractivity contribution in [3.63, 3.8) is 0 Å². The third-order valence-electron chi connectivity index (χ3n) is 2.94. The van der Waals surface area contributed by atoms with E-state index in [2.05, 4.69) is 12.2 Å². The summed E-state index contributed by atoms with van der Waals surface area (Å²) in [5.74, 6) is 0.899. The van der Waals surface area contributed by atoms with E-state index in [1.54, 1.807) is 11.8 Å². The van der Waals surface area contributed by atoms with E-state index in [1.807, 2.05) is 30.3 Å². The number of aliphatic hydroxyl groups excluding tert-OH is 1. The quantitative estimate of drug-likeness (QED) is 0.684. The highest BCUT2D eigenvalue weighted by molar-refractivity contribution is 8.00. The Balaban J connectivity index is 2.23. The molecule has 0 aliphatic heterocycles. The zero-order chi connectivity index (χ0) is 13.9. The van der Waals surface area contributed by atoms with Gasteiger partial charge in [-0.15, -0.1) is 11.8 Å². The molecule has 0 saturated carbocycles. The number of amides is 1. The third-order valence-corrected chi connectivity index (χ3v) is 3.95. The minimum absolute atomic E-state index is 0.0629. The Kier molecular flexibility index (Phi) is 8.34. The first kappa shape index (κ1) is 16.1. The molecule has 1 rings (SSSR count). The van der Waals surface area contributed by atoms with E-state index in [9.17, 15) is 4.79 Å². The van der Waals surface area contributed by atoms with Crippen LogP contribution in [0, 0.1) is 5.92 Å². The van der Waals surface area contributed by atoms with Crippen LogP contribution >= 0.6 is 11.8 Å². The van der Waals surface area contributed by atoms with Crippen LogP contribution < -0.4 is 5.32 Å².